The molecule has 0 aliphatic carbocycles. The standard InChI is InChI=1S/C24H21F2N7O2/c1-4-22(34)29-15-6-7-19(26)20(10-15)31-23-18(17-9-14(25)5-8-21(17)35-3)12-27-24(32-23)30-16-11-28-33(2)13-16/h4-13H,1H2,2-3H3,(H,29,34)(H2,27,30,31,32). The lowest BCUT2D eigenvalue weighted by Gasteiger charge is -2.16. The molecular weight excluding hydrogens is 456 g/mol. The number of rotatable bonds is 8. The number of ether oxygens (including phenoxy) is 1. The number of hydrogen-bond donors (Lipinski definition) is 3. The predicted octanol–water partition coefficient (Wildman–Crippen LogP) is 4.78. The maximum atomic E-state index is 14.7. The Morgan fingerprint density at radius 3 is 2.63 bits per heavy atom. The van der Waals surface area contributed by atoms with Gasteiger partial charge in [-0.2, -0.15) is 10.1 Å². The summed E-state index contributed by atoms with van der Waals surface area (Å²) in [4.78, 5) is 20.5. The molecule has 0 radical (unpaired) electrons. The first kappa shape index (κ1) is 23.4. The lowest BCUT2D eigenvalue weighted by Crippen LogP contribution is -2.08. The fourth-order valence-electron chi connectivity index (χ4n) is 3.26. The number of anilines is 5. The van der Waals surface area contributed by atoms with Gasteiger partial charge in [0.25, 0.3) is 0 Å². The molecule has 4 rings (SSSR count). The van der Waals surface area contributed by atoms with Crippen LogP contribution in [0.1, 0.15) is 0 Å². The van der Waals surface area contributed by atoms with Crippen molar-refractivity contribution in [2.45, 2.75) is 0 Å². The lowest BCUT2D eigenvalue weighted by atomic mass is 10.1. The molecule has 35 heavy (non-hydrogen) atoms. The Kier molecular flexibility index (Phi) is 6.67. The molecule has 4 aromatic rings. The molecular formula is C24H21F2N7O2. The van der Waals surface area contributed by atoms with Gasteiger partial charge in [-0.05, 0) is 42.5 Å². The second kappa shape index (κ2) is 10.00. The summed E-state index contributed by atoms with van der Waals surface area (Å²) < 4.78 is 35.8. The van der Waals surface area contributed by atoms with E-state index in [0.717, 1.165) is 6.08 Å². The van der Waals surface area contributed by atoms with Gasteiger partial charge in [0.1, 0.15) is 23.2 Å². The molecule has 2 aromatic carbocycles. The lowest BCUT2D eigenvalue weighted by molar-refractivity contribution is -0.111. The van der Waals surface area contributed by atoms with Crippen LogP contribution < -0.4 is 20.7 Å². The van der Waals surface area contributed by atoms with Gasteiger partial charge in [0, 0.05) is 36.3 Å². The Hall–Kier alpha value is -4.80. The molecule has 3 N–H and O–H groups in total. The van der Waals surface area contributed by atoms with Crippen LogP contribution in [0.3, 0.4) is 0 Å². The molecule has 0 fully saturated rings. The molecule has 9 nitrogen and oxygen atoms in total. The van der Waals surface area contributed by atoms with E-state index < -0.39 is 17.5 Å². The molecule has 0 spiro atoms. The van der Waals surface area contributed by atoms with E-state index >= 15 is 0 Å². The second-order valence-corrected chi connectivity index (χ2v) is 7.34. The van der Waals surface area contributed by atoms with Gasteiger partial charge in [-0.25, -0.2) is 13.8 Å². The predicted molar refractivity (Wildman–Crippen MR) is 129 cm³/mol. The highest BCUT2D eigenvalue weighted by Crippen LogP contribution is 2.37. The number of aromatic nitrogens is 4. The summed E-state index contributed by atoms with van der Waals surface area (Å²) >= 11 is 0. The quantitative estimate of drug-likeness (QED) is 0.314. The van der Waals surface area contributed by atoms with E-state index in [4.69, 9.17) is 4.74 Å². The maximum Gasteiger partial charge on any atom is 0.247 e. The van der Waals surface area contributed by atoms with E-state index in [2.05, 4.69) is 37.6 Å². The molecule has 0 saturated heterocycles. The van der Waals surface area contributed by atoms with Crippen LogP contribution in [-0.4, -0.2) is 32.8 Å². The van der Waals surface area contributed by atoms with Crippen molar-refractivity contribution < 1.29 is 18.3 Å². The summed E-state index contributed by atoms with van der Waals surface area (Å²) in [6.07, 6.45) is 5.88. The number of methoxy groups -OCH3 is 1. The van der Waals surface area contributed by atoms with Gasteiger partial charge in [-0.3, -0.25) is 9.48 Å². The molecule has 0 bridgehead atoms. The number of aryl methyl sites for hydroxylation is 1. The second-order valence-electron chi connectivity index (χ2n) is 7.34. The first-order valence-corrected chi connectivity index (χ1v) is 10.3. The van der Waals surface area contributed by atoms with Crippen LogP contribution in [0.5, 0.6) is 5.75 Å². The third-order valence-electron chi connectivity index (χ3n) is 4.87. The number of benzene rings is 2. The van der Waals surface area contributed by atoms with E-state index in [1.54, 1.807) is 24.1 Å². The van der Waals surface area contributed by atoms with Crippen molar-refractivity contribution in [3.8, 4) is 16.9 Å². The Morgan fingerprint density at radius 1 is 1.09 bits per heavy atom. The van der Waals surface area contributed by atoms with E-state index in [9.17, 15) is 13.6 Å². The average molecular weight is 477 g/mol. The van der Waals surface area contributed by atoms with Crippen LogP contribution in [0.4, 0.5) is 37.6 Å². The Bertz CT molecular complexity index is 1400. The molecule has 0 saturated carbocycles. The number of halogens is 2. The summed E-state index contributed by atoms with van der Waals surface area (Å²) in [7, 11) is 3.22. The van der Waals surface area contributed by atoms with Crippen molar-refractivity contribution in [2.75, 3.05) is 23.1 Å². The number of hydrogen-bond acceptors (Lipinski definition) is 7. The molecule has 0 aliphatic rings. The highest BCUT2D eigenvalue weighted by Gasteiger charge is 2.17. The molecule has 178 valence electrons. The summed E-state index contributed by atoms with van der Waals surface area (Å²) in [6, 6.07) is 8.02. The van der Waals surface area contributed by atoms with Gasteiger partial charge in [0.15, 0.2) is 0 Å². The molecule has 0 atom stereocenters. The minimum Gasteiger partial charge on any atom is -0.496 e. The van der Waals surface area contributed by atoms with Crippen LogP contribution in [0.2, 0.25) is 0 Å². The van der Waals surface area contributed by atoms with Gasteiger partial charge in [-0.15, -0.1) is 0 Å². The molecule has 1 amide bonds. The normalized spacial score (nSPS) is 10.5. The average Bonchev–Trinajstić information content (AvgIpc) is 3.25. The largest absolute Gasteiger partial charge is 0.496 e. The van der Waals surface area contributed by atoms with Crippen molar-refractivity contribution in [1.29, 1.82) is 0 Å². The van der Waals surface area contributed by atoms with Crippen LogP contribution >= 0.6 is 0 Å². The topological polar surface area (TPSA) is 106 Å². The zero-order valence-corrected chi connectivity index (χ0v) is 18.8. The van der Waals surface area contributed by atoms with Gasteiger partial charge in [0.2, 0.25) is 11.9 Å². The molecule has 2 heterocycles. The Labute approximate surface area is 199 Å². The van der Waals surface area contributed by atoms with Crippen LogP contribution in [0.25, 0.3) is 11.1 Å². The minimum absolute atomic E-state index is 0.0227. The summed E-state index contributed by atoms with van der Waals surface area (Å²) in [5.74, 6) is -0.808. The highest BCUT2D eigenvalue weighted by molar-refractivity contribution is 5.99. The molecule has 2 aromatic heterocycles. The molecule has 11 heteroatoms. The molecule has 0 aliphatic heterocycles. The number of amides is 1. The van der Waals surface area contributed by atoms with Crippen LogP contribution in [0.15, 0.2) is 67.6 Å². The van der Waals surface area contributed by atoms with Crippen LogP contribution in [0, 0.1) is 11.6 Å². The third-order valence-corrected chi connectivity index (χ3v) is 4.87. The van der Waals surface area contributed by atoms with E-state index in [1.165, 1.54) is 49.7 Å². The van der Waals surface area contributed by atoms with Gasteiger partial charge in [0.05, 0.1) is 24.7 Å². The first-order chi connectivity index (χ1) is 16.9. The number of nitrogens with zero attached hydrogens (tertiary/aromatic N) is 4. The van der Waals surface area contributed by atoms with Crippen molar-refractivity contribution >= 4 is 34.7 Å². The van der Waals surface area contributed by atoms with Crippen molar-refractivity contribution in [2.24, 2.45) is 7.05 Å². The van der Waals surface area contributed by atoms with Gasteiger partial charge in [-0.1, -0.05) is 6.58 Å². The van der Waals surface area contributed by atoms with Crippen molar-refractivity contribution in [1.82, 2.24) is 19.7 Å². The summed E-state index contributed by atoms with van der Waals surface area (Å²) in [6.45, 7) is 3.40. The third kappa shape index (κ3) is 5.41. The smallest absolute Gasteiger partial charge is 0.247 e. The number of nitrogens with one attached hydrogen (secondary N) is 3. The minimum atomic E-state index is -0.598. The van der Waals surface area contributed by atoms with Crippen molar-refractivity contribution in [3.63, 3.8) is 0 Å². The summed E-state index contributed by atoms with van der Waals surface area (Å²) in [5.41, 5.74) is 1.72. The zero-order chi connectivity index (χ0) is 24.9. The van der Waals surface area contributed by atoms with Gasteiger partial charge < -0.3 is 20.7 Å². The number of carbonyl (C=O) groups excluding carboxylic acids is 1. The van der Waals surface area contributed by atoms with Crippen molar-refractivity contribution in [3.05, 3.63) is 79.3 Å². The van der Waals surface area contributed by atoms with E-state index in [1.807, 2.05) is 0 Å². The maximum absolute atomic E-state index is 14.7. The Balaban J connectivity index is 1.79. The Morgan fingerprint density at radius 2 is 1.91 bits per heavy atom. The SMILES string of the molecule is C=CC(=O)Nc1ccc(F)c(Nc2nc(Nc3cnn(C)c3)ncc2-c2cc(F)ccc2OC)c1. The van der Waals surface area contributed by atoms with E-state index in [0.29, 0.717) is 28.3 Å². The fraction of sp³-hybridized carbons (Fsp3) is 0.0833. The monoisotopic (exact) mass is 477 g/mol. The number of carbonyl (C=O) groups is 1. The van der Waals surface area contributed by atoms with Crippen LogP contribution in [-0.2, 0) is 11.8 Å². The zero-order valence-electron chi connectivity index (χ0n) is 18.8. The first-order valence-electron chi connectivity index (χ1n) is 10.3. The fourth-order valence-corrected chi connectivity index (χ4v) is 3.26. The molecule has 0 unspecified atom stereocenters. The highest BCUT2D eigenvalue weighted by atomic mass is 19.1. The van der Waals surface area contributed by atoms with E-state index in [-0.39, 0.29) is 17.5 Å². The summed E-state index contributed by atoms with van der Waals surface area (Å²) in [5, 5.41) is 12.6. The van der Waals surface area contributed by atoms with Gasteiger partial charge >= 0.3 is 0 Å².